The largest absolute Gasteiger partial charge is 0.395 e. The summed E-state index contributed by atoms with van der Waals surface area (Å²) >= 11 is 0. The number of anilines is 1. The van der Waals surface area contributed by atoms with Crippen molar-refractivity contribution in [1.29, 1.82) is 0 Å². The zero-order chi connectivity index (χ0) is 47.8. The van der Waals surface area contributed by atoms with Crippen molar-refractivity contribution < 1.29 is 57.0 Å². The van der Waals surface area contributed by atoms with Gasteiger partial charge in [-0.05, 0) is 85.7 Å². The smallest absolute Gasteiger partial charge is 0.295 e. The molecule has 2 aliphatic rings. The van der Waals surface area contributed by atoms with E-state index < -0.39 is 72.1 Å². The summed E-state index contributed by atoms with van der Waals surface area (Å²) in [6.07, 6.45) is 9.65. The molecule has 0 radical (unpaired) electrons. The minimum Gasteiger partial charge on any atom is -0.395 e. The van der Waals surface area contributed by atoms with Gasteiger partial charge in [0, 0.05) is 28.1 Å². The van der Waals surface area contributed by atoms with Gasteiger partial charge in [-0.25, -0.2) is 9.98 Å². The van der Waals surface area contributed by atoms with Gasteiger partial charge in [0.2, 0.25) is 5.95 Å². The maximum Gasteiger partial charge on any atom is 0.295 e. The van der Waals surface area contributed by atoms with Crippen molar-refractivity contribution in [2.75, 3.05) is 18.5 Å². The monoisotopic (exact) mass is 978 g/mol. The van der Waals surface area contributed by atoms with Gasteiger partial charge in [0.1, 0.15) is 31.7 Å². The molecule has 23 nitrogen and oxygen atoms in total. The molecule has 1 heterocycles. The van der Waals surface area contributed by atoms with Crippen LogP contribution in [0.5, 0.6) is 0 Å². The number of benzene rings is 4. The maximum atomic E-state index is 12.2. The van der Waals surface area contributed by atoms with Gasteiger partial charge in [0.25, 0.3) is 52.4 Å². The van der Waals surface area contributed by atoms with E-state index in [0.29, 0.717) is 22.6 Å². The summed E-state index contributed by atoms with van der Waals surface area (Å²) in [4.78, 5) is 19.5. The first-order valence-electron chi connectivity index (χ1n) is 18.8. The van der Waals surface area contributed by atoms with Gasteiger partial charge >= 0.3 is 0 Å². The summed E-state index contributed by atoms with van der Waals surface area (Å²) < 4.78 is 136. The molecule has 7 rings (SSSR count). The second-order valence-electron chi connectivity index (χ2n) is 14.3. The highest BCUT2D eigenvalue weighted by atomic mass is 32.2. The lowest BCUT2D eigenvalue weighted by Gasteiger charge is -2.13. The van der Waals surface area contributed by atoms with Crippen LogP contribution < -0.4 is 5.32 Å². The Hall–Kier alpha value is -6.69. The second kappa shape index (κ2) is 18.3. The average Bonchev–Trinajstić information content (AvgIpc) is 3.22. The fourth-order valence-electron chi connectivity index (χ4n) is 6.62. The van der Waals surface area contributed by atoms with Crippen LogP contribution in [0.1, 0.15) is 13.8 Å². The number of aromatic nitrogens is 3. The van der Waals surface area contributed by atoms with E-state index in [4.69, 9.17) is 0 Å². The van der Waals surface area contributed by atoms with Gasteiger partial charge in [0.05, 0.1) is 29.4 Å². The molecule has 4 aromatic carbocycles. The number of hydrogen-bond donors (Lipinski definition) is 6. The Morgan fingerprint density at radius 2 is 0.970 bits per heavy atom. The summed E-state index contributed by atoms with van der Waals surface area (Å²) in [7, 11) is -19.3. The van der Waals surface area contributed by atoms with Crippen LogP contribution in [0, 0.1) is 0 Å². The molecule has 27 heteroatoms. The number of azo groups is 2. The van der Waals surface area contributed by atoms with E-state index in [2.05, 4.69) is 50.7 Å². The summed E-state index contributed by atoms with van der Waals surface area (Å²) in [6, 6.07) is 10.1. The van der Waals surface area contributed by atoms with Crippen LogP contribution in [0.3, 0.4) is 0 Å². The van der Waals surface area contributed by atoms with Crippen molar-refractivity contribution >= 4 is 103 Å². The maximum absolute atomic E-state index is 12.2. The minimum absolute atomic E-state index is 0.0330. The molecular weight excluding hydrogens is 945 g/mol. The zero-order valence-electron chi connectivity index (χ0n) is 34.0. The van der Waals surface area contributed by atoms with Crippen molar-refractivity contribution in [3.8, 4) is 0 Å². The lowest BCUT2D eigenvalue weighted by molar-refractivity contribution is 0.310. The molecule has 0 saturated heterocycles. The van der Waals surface area contributed by atoms with Crippen molar-refractivity contribution in [1.82, 2.24) is 15.0 Å². The quantitative estimate of drug-likeness (QED) is 0.0577. The highest BCUT2D eigenvalue weighted by molar-refractivity contribution is 7.87. The Labute approximate surface area is 375 Å². The van der Waals surface area contributed by atoms with E-state index in [1.54, 1.807) is 50.3 Å². The molecule has 2 unspecified atom stereocenters. The van der Waals surface area contributed by atoms with Crippen molar-refractivity contribution in [2.24, 2.45) is 30.4 Å². The number of aliphatic hydroxyl groups is 1. The highest BCUT2D eigenvalue weighted by Gasteiger charge is 2.24. The molecule has 0 aliphatic heterocycles. The number of rotatable bonds is 13. The Kier molecular flexibility index (Phi) is 13.1. The highest BCUT2D eigenvalue weighted by Crippen LogP contribution is 2.35. The number of aliphatic imine (C=N–C) groups is 2. The van der Waals surface area contributed by atoms with Crippen LogP contribution in [-0.2, 0) is 40.5 Å². The molecule has 0 amide bonds. The third-order valence-electron chi connectivity index (χ3n) is 9.56. The second-order valence-corrected chi connectivity index (χ2v) is 19.8. The summed E-state index contributed by atoms with van der Waals surface area (Å²) in [5, 5.41) is 28.2. The molecule has 6 N–H and O–H groups in total. The molecule has 0 bridgehead atoms. The van der Waals surface area contributed by atoms with Gasteiger partial charge in [-0.2, -0.15) is 69.1 Å². The summed E-state index contributed by atoms with van der Waals surface area (Å²) in [6.45, 7) is 3.23. The van der Waals surface area contributed by atoms with Crippen molar-refractivity contribution in [3.63, 3.8) is 0 Å². The van der Waals surface area contributed by atoms with E-state index in [1.807, 2.05) is 0 Å². The van der Waals surface area contributed by atoms with E-state index in [-0.39, 0.29) is 63.9 Å². The SMILES string of the molecule is CC1=C/C(=N/c2nc(/N=C3\C=CC(N=Nc4cc(S(=O)(=O)O)c5cccc(S(=O)(=O)O)c5c4)C(C)=C3)nc(NCCO)n2)C=CC1N=Nc1cc(S(=O)(=O)O)c2cccc(S(=O)(=O)O)c2c1. The van der Waals surface area contributed by atoms with Gasteiger partial charge < -0.3 is 10.4 Å². The molecule has 0 saturated carbocycles. The lowest BCUT2D eigenvalue weighted by Crippen LogP contribution is -2.11. The Bertz CT molecular complexity index is 3340. The zero-order valence-corrected chi connectivity index (χ0v) is 37.2. The Morgan fingerprint density at radius 1 is 0.561 bits per heavy atom. The van der Waals surface area contributed by atoms with Gasteiger partial charge in [0.15, 0.2) is 0 Å². The molecule has 2 aliphatic carbocycles. The van der Waals surface area contributed by atoms with Crippen LogP contribution in [0.15, 0.2) is 158 Å². The van der Waals surface area contributed by atoms with E-state index >= 15 is 0 Å². The van der Waals surface area contributed by atoms with Gasteiger partial charge in [-0.3, -0.25) is 18.2 Å². The topological polar surface area (TPSA) is 363 Å². The molecular formula is C39H34N10O13S4. The average molecular weight is 979 g/mol. The predicted molar refractivity (Wildman–Crippen MR) is 239 cm³/mol. The molecule has 0 spiro atoms. The normalized spacial score (nSPS) is 18.5. The third-order valence-corrected chi connectivity index (χ3v) is 13.2. The number of fused-ring (bicyclic) bond motifs is 2. The van der Waals surface area contributed by atoms with Gasteiger partial charge in [-0.1, -0.05) is 36.4 Å². The molecule has 0 fully saturated rings. The first kappa shape index (κ1) is 47.3. The van der Waals surface area contributed by atoms with Crippen LogP contribution >= 0.6 is 0 Å². The molecule has 1 aromatic heterocycles. The van der Waals surface area contributed by atoms with Crippen molar-refractivity contribution in [3.05, 3.63) is 108 Å². The molecule has 5 aromatic rings. The van der Waals surface area contributed by atoms with Gasteiger partial charge in [-0.15, -0.1) is 0 Å². The van der Waals surface area contributed by atoms with Crippen LogP contribution in [0.4, 0.5) is 29.2 Å². The Morgan fingerprint density at radius 3 is 1.33 bits per heavy atom. The lowest BCUT2D eigenvalue weighted by atomic mass is 10.0. The number of allylic oxidation sites excluding steroid dienone is 4. The van der Waals surface area contributed by atoms with Crippen LogP contribution in [0.25, 0.3) is 21.5 Å². The number of nitrogens with zero attached hydrogens (tertiary/aromatic N) is 9. The minimum atomic E-state index is -4.87. The number of aliphatic hydroxyl groups excluding tert-OH is 1. The fourth-order valence-corrected chi connectivity index (χ4v) is 9.46. The van der Waals surface area contributed by atoms with E-state index in [0.717, 1.165) is 24.3 Å². The van der Waals surface area contributed by atoms with E-state index in [1.165, 1.54) is 36.4 Å². The molecule has 342 valence electrons. The first-order chi connectivity index (χ1) is 31.0. The van der Waals surface area contributed by atoms with Crippen LogP contribution in [0.2, 0.25) is 0 Å². The number of nitrogens with one attached hydrogen (secondary N) is 1. The number of hydrogen-bond acceptors (Lipinski definition) is 19. The third kappa shape index (κ3) is 10.9. The fraction of sp³-hybridized carbons (Fsp3) is 0.154. The van der Waals surface area contributed by atoms with Crippen molar-refractivity contribution in [2.45, 2.75) is 45.5 Å². The Balaban J connectivity index is 1.13. The summed E-state index contributed by atoms with van der Waals surface area (Å²) in [5.74, 6) is -0.132. The molecule has 66 heavy (non-hydrogen) atoms. The first-order valence-corrected chi connectivity index (χ1v) is 24.6. The summed E-state index contributed by atoms with van der Waals surface area (Å²) in [5.41, 5.74) is 1.65. The standard InChI is InChI=1S/C39H34N10O13S4/c1-21-15-23(9-11-31(21)48-46-25-17-29-27(35(19-25)65(57,58)59)5-3-7-33(29)63(51,52)53)41-38-43-37(40-13-14-50)44-39(45-38)42-24-10-12-32(22(2)16-24)49-47-26-18-30-28(36(20-26)66(60,61)62)6-4-8-34(30)64(54,55)56/h3-12,15-20,31-32,50H,13-14H2,1-2H3,(H,51,52,53)(H,54,55,56)(H,57,58,59)(H,60,61,62)(H,40,43,44,45)/b41-23+,42-24+,48-46?,49-47?. The predicted octanol–water partition coefficient (Wildman–Crippen LogP) is 6.05. The molecule has 2 atom stereocenters. The van der Waals surface area contributed by atoms with E-state index in [9.17, 15) is 57.0 Å². The van der Waals surface area contributed by atoms with Crippen LogP contribution in [-0.4, -0.2) is 109 Å².